The first kappa shape index (κ1) is 37.8. The fraction of sp³-hybridized carbons (Fsp3) is 0. The molecule has 12 aromatic carbocycles. The van der Waals surface area contributed by atoms with Crippen molar-refractivity contribution in [2.75, 3.05) is 0 Å². The van der Waals surface area contributed by atoms with Crippen molar-refractivity contribution in [1.29, 1.82) is 0 Å². The molecule has 0 saturated heterocycles. The molecule has 0 unspecified atom stereocenters. The van der Waals surface area contributed by atoms with E-state index in [-0.39, 0.29) is 0 Å². The lowest BCUT2D eigenvalue weighted by atomic mass is 9.88. The lowest BCUT2D eigenvalue weighted by molar-refractivity contribution is 1.08. The molecule has 3 nitrogen and oxygen atoms in total. The molecule has 0 aliphatic carbocycles. The van der Waals surface area contributed by atoms with Gasteiger partial charge in [0.05, 0.1) is 0 Å². The average Bonchev–Trinajstić information content (AvgIpc) is 3.79. The van der Waals surface area contributed by atoms with Gasteiger partial charge in [-0.2, -0.15) is 0 Å². The maximum Gasteiger partial charge on any atom is 0.165 e. The van der Waals surface area contributed by atoms with Crippen molar-refractivity contribution in [2.24, 2.45) is 0 Å². The molecule has 14 aromatic rings. The minimum atomic E-state index is 0.629. The van der Waals surface area contributed by atoms with Gasteiger partial charge in [-0.3, -0.25) is 0 Å². The van der Waals surface area contributed by atoms with Gasteiger partial charge >= 0.3 is 0 Å². The second-order valence-corrected chi connectivity index (χ2v) is 18.4. The Balaban J connectivity index is 1.13. The van der Waals surface area contributed by atoms with Crippen LogP contribution in [0.4, 0.5) is 0 Å². The van der Waals surface area contributed by atoms with E-state index in [2.05, 4.69) is 224 Å². The summed E-state index contributed by atoms with van der Waals surface area (Å²) in [5.74, 6) is 1.90. The Labute approximate surface area is 389 Å². The van der Waals surface area contributed by atoms with Crippen LogP contribution >= 0.6 is 11.3 Å². The summed E-state index contributed by atoms with van der Waals surface area (Å²) in [6.07, 6.45) is 0. The van der Waals surface area contributed by atoms with E-state index in [1.165, 1.54) is 58.6 Å². The van der Waals surface area contributed by atoms with Gasteiger partial charge in [-0.1, -0.05) is 200 Å². The van der Waals surface area contributed by atoms with Gasteiger partial charge in [0.25, 0.3) is 0 Å². The third-order valence-corrected chi connectivity index (χ3v) is 14.9. The van der Waals surface area contributed by atoms with E-state index in [1.54, 1.807) is 11.3 Å². The highest BCUT2D eigenvalue weighted by atomic mass is 32.1. The quantitative estimate of drug-likeness (QED) is 0.162. The van der Waals surface area contributed by atoms with Crippen LogP contribution in [0.5, 0.6) is 0 Å². The molecule has 0 saturated carbocycles. The van der Waals surface area contributed by atoms with Gasteiger partial charge in [-0.25, -0.2) is 15.0 Å². The van der Waals surface area contributed by atoms with Crippen molar-refractivity contribution in [3.63, 3.8) is 0 Å². The van der Waals surface area contributed by atoms with Crippen molar-refractivity contribution in [3.05, 3.63) is 224 Å². The van der Waals surface area contributed by atoms with Gasteiger partial charge in [-0.15, -0.1) is 11.3 Å². The standard InChI is InChI=1S/C63H37N3S/c1-7-22-44-38(16-1)32-34-51(55-36-40-18-3-5-20-42(40)46-24-9-11-26-48(46)55)58(44)62-64-61(54-30-15-29-53-50-28-13-14-31-57(50)67-60(53)54)65-63(66-62)59-45-23-8-2-17-39(45)33-35-52(59)56-37-41-19-4-6-21-43(41)47-25-10-12-27-49(47)56/h1-37H. The molecule has 0 bridgehead atoms. The van der Waals surface area contributed by atoms with Gasteiger partial charge in [0.1, 0.15) is 0 Å². The normalized spacial score (nSPS) is 11.9. The highest BCUT2D eigenvalue weighted by Gasteiger charge is 2.24. The highest BCUT2D eigenvalue weighted by molar-refractivity contribution is 7.26. The van der Waals surface area contributed by atoms with Crippen LogP contribution < -0.4 is 0 Å². The second-order valence-electron chi connectivity index (χ2n) is 17.4. The van der Waals surface area contributed by atoms with Gasteiger partial charge in [-0.05, 0) is 111 Å². The smallest absolute Gasteiger partial charge is 0.165 e. The summed E-state index contributed by atoms with van der Waals surface area (Å²) in [6.45, 7) is 0. The zero-order chi connectivity index (χ0) is 44.0. The minimum absolute atomic E-state index is 0.629. The van der Waals surface area contributed by atoms with Crippen LogP contribution in [-0.2, 0) is 0 Å². The van der Waals surface area contributed by atoms with Crippen molar-refractivity contribution in [3.8, 4) is 56.4 Å². The fourth-order valence-corrected chi connectivity index (χ4v) is 11.9. The fourth-order valence-electron chi connectivity index (χ4n) is 10.7. The van der Waals surface area contributed by atoms with Gasteiger partial charge in [0.15, 0.2) is 17.5 Å². The summed E-state index contributed by atoms with van der Waals surface area (Å²) >= 11 is 1.80. The molecule has 14 rings (SSSR count). The van der Waals surface area contributed by atoms with E-state index in [0.29, 0.717) is 17.5 Å². The Bertz CT molecular complexity index is 4140. The monoisotopic (exact) mass is 867 g/mol. The zero-order valence-corrected chi connectivity index (χ0v) is 36.9. The van der Waals surface area contributed by atoms with Crippen LogP contribution in [0.25, 0.3) is 141 Å². The SMILES string of the molecule is c1ccc2c(-c3nc(-c4c(-c5cc6ccccc6c6ccccc56)ccc5ccccc45)nc(-c4cccc5c4sc4ccccc45)n3)c(-c3cc4ccccc4c4ccccc34)ccc2c1. The molecule has 0 atom stereocenters. The van der Waals surface area contributed by atoms with E-state index in [0.717, 1.165) is 65.2 Å². The highest BCUT2D eigenvalue weighted by Crippen LogP contribution is 2.47. The lowest BCUT2D eigenvalue weighted by Gasteiger charge is -2.19. The molecule has 310 valence electrons. The van der Waals surface area contributed by atoms with E-state index in [4.69, 9.17) is 15.0 Å². The molecular formula is C63H37N3S. The van der Waals surface area contributed by atoms with E-state index in [1.807, 2.05) is 0 Å². The maximum absolute atomic E-state index is 5.76. The predicted octanol–water partition coefficient (Wildman–Crippen LogP) is 17.5. The number of nitrogens with zero attached hydrogens (tertiary/aromatic N) is 3. The Morgan fingerprint density at radius 1 is 0.239 bits per heavy atom. The molecule has 2 heterocycles. The third kappa shape index (κ3) is 5.93. The molecule has 0 spiro atoms. The second kappa shape index (κ2) is 15.0. The van der Waals surface area contributed by atoms with Crippen LogP contribution in [0.1, 0.15) is 0 Å². The number of thiophene rings is 1. The van der Waals surface area contributed by atoms with Crippen molar-refractivity contribution in [1.82, 2.24) is 15.0 Å². The van der Waals surface area contributed by atoms with Crippen molar-refractivity contribution >= 4 is 96.1 Å². The number of hydrogen-bond donors (Lipinski definition) is 0. The number of rotatable bonds is 5. The van der Waals surface area contributed by atoms with Crippen LogP contribution in [0, 0.1) is 0 Å². The topological polar surface area (TPSA) is 38.7 Å². The molecule has 4 heteroatoms. The maximum atomic E-state index is 5.76. The molecule has 0 radical (unpaired) electrons. The average molecular weight is 868 g/mol. The third-order valence-electron chi connectivity index (χ3n) is 13.7. The number of aromatic nitrogens is 3. The molecule has 0 fully saturated rings. The minimum Gasteiger partial charge on any atom is -0.208 e. The van der Waals surface area contributed by atoms with Crippen molar-refractivity contribution < 1.29 is 0 Å². The van der Waals surface area contributed by atoms with Crippen LogP contribution in [0.3, 0.4) is 0 Å². The first-order valence-corrected chi connectivity index (χ1v) is 23.6. The summed E-state index contributed by atoms with van der Waals surface area (Å²) < 4.78 is 2.39. The summed E-state index contributed by atoms with van der Waals surface area (Å²) in [4.78, 5) is 17.1. The molecule has 67 heavy (non-hydrogen) atoms. The predicted molar refractivity (Wildman–Crippen MR) is 285 cm³/mol. The molecule has 0 amide bonds. The van der Waals surface area contributed by atoms with Crippen LogP contribution in [-0.4, -0.2) is 15.0 Å². The van der Waals surface area contributed by atoms with E-state index >= 15 is 0 Å². The Morgan fingerprint density at radius 3 is 1.18 bits per heavy atom. The van der Waals surface area contributed by atoms with Crippen molar-refractivity contribution in [2.45, 2.75) is 0 Å². The first-order chi connectivity index (χ1) is 33.2. The molecule has 0 N–H and O–H groups in total. The Morgan fingerprint density at radius 2 is 0.642 bits per heavy atom. The number of benzene rings is 12. The Hall–Kier alpha value is -8.57. The zero-order valence-electron chi connectivity index (χ0n) is 36.1. The molecule has 0 aliphatic rings. The summed E-state index contributed by atoms with van der Waals surface area (Å²) in [7, 11) is 0. The number of fused-ring (bicyclic) bond motifs is 11. The van der Waals surface area contributed by atoms with Gasteiger partial charge in [0.2, 0.25) is 0 Å². The van der Waals surface area contributed by atoms with Gasteiger partial charge in [0, 0.05) is 36.9 Å². The Kier molecular flexibility index (Phi) is 8.45. The summed E-state index contributed by atoms with van der Waals surface area (Å²) in [6, 6.07) is 81.2. The van der Waals surface area contributed by atoms with E-state index in [9.17, 15) is 0 Å². The largest absolute Gasteiger partial charge is 0.208 e. The van der Waals surface area contributed by atoms with Gasteiger partial charge < -0.3 is 0 Å². The molecule has 2 aromatic heterocycles. The summed E-state index contributed by atoms with van der Waals surface area (Å²) in [5, 5.41) is 16.5. The molecular weight excluding hydrogens is 831 g/mol. The summed E-state index contributed by atoms with van der Waals surface area (Å²) in [5.41, 5.74) is 7.36. The van der Waals surface area contributed by atoms with Crippen LogP contribution in [0.2, 0.25) is 0 Å². The van der Waals surface area contributed by atoms with E-state index < -0.39 is 0 Å². The molecule has 0 aliphatic heterocycles. The lowest BCUT2D eigenvalue weighted by Crippen LogP contribution is -2.03. The van der Waals surface area contributed by atoms with Crippen LogP contribution in [0.15, 0.2) is 224 Å². The number of hydrogen-bond acceptors (Lipinski definition) is 4. The first-order valence-electron chi connectivity index (χ1n) is 22.8.